The fourth-order valence-corrected chi connectivity index (χ4v) is 5.50. The summed E-state index contributed by atoms with van der Waals surface area (Å²) in [7, 11) is 0. The fourth-order valence-electron chi connectivity index (χ4n) is 5.50. The second-order valence-corrected chi connectivity index (χ2v) is 13.4. The van der Waals surface area contributed by atoms with Gasteiger partial charge in [-0.3, -0.25) is 9.59 Å². The molecule has 2 N–H and O–H groups in total. The van der Waals surface area contributed by atoms with E-state index in [0.29, 0.717) is 0 Å². The molecule has 0 unspecified atom stereocenters. The number of hydrogen-bond donors (Lipinski definition) is 2. The zero-order chi connectivity index (χ0) is 36.4. The van der Waals surface area contributed by atoms with Gasteiger partial charge in [-0.2, -0.15) is 0 Å². The van der Waals surface area contributed by atoms with Crippen molar-refractivity contribution in [2.24, 2.45) is 0 Å². The predicted molar refractivity (Wildman–Crippen MR) is 194 cm³/mol. The molecule has 0 spiro atoms. The summed E-state index contributed by atoms with van der Waals surface area (Å²) in [6.07, 6.45) is 39.1. The summed E-state index contributed by atoms with van der Waals surface area (Å²) in [5, 5.41) is 36.2. The first-order valence-corrected chi connectivity index (χ1v) is 20.0. The Hall–Kier alpha value is -1.50. The molecule has 0 amide bonds. The number of carbonyl (C=O) groups is 4. The molecule has 0 saturated carbocycles. The van der Waals surface area contributed by atoms with Crippen molar-refractivity contribution in [3.63, 3.8) is 0 Å². The molecular formula is C40H76O8Zn. The maximum absolute atomic E-state index is 10.2. The zero-order valence-corrected chi connectivity index (χ0v) is 35.1. The van der Waals surface area contributed by atoms with Crippen LogP contribution >= 0.6 is 0 Å². The van der Waals surface area contributed by atoms with Crippen molar-refractivity contribution in [1.29, 1.82) is 0 Å². The number of carboxylic acids is 4. The van der Waals surface area contributed by atoms with Gasteiger partial charge >= 0.3 is 31.4 Å². The molecule has 0 aliphatic carbocycles. The second kappa shape index (κ2) is 48.6. The molecule has 0 rings (SSSR count). The summed E-state index contributed by atoms with van der Waals surface area (Å²) in [5.41, 5.74) is 0. The summed E-state index contributed by atoms with van der Waals surface area (Å²) in [6, 6.07) is 0. The number of carbonyl (C=O) groups excluding carboxylic acids is 2. The van der Waals surface area contributed by atoms with Crippen LogP contribution in [0.2, 0.25) is 0 Å². The minimum atomic E-state index is -1.08. The normalized spacial score (nSPS) is 10.2. The first-order chi connectivity index (χ1) is 23.2. The number of aliphatic carboxylic acids is 4. The van der Waals surface area contributed by atoms with Gasteiger partial charge < -0.3 is 30.0 Å². The van der Waals surface area contributed by atoms with Gasteiger partial charge in [0.1, 0.15) is 0 Å². The molecule has 0 bridgehead atoms. The SMILES string of the molecule is CCCCCCCCCCCCCCCCCC(=O)[O-].CCCCCCCCCCCCCCCCCC(=O)[O-].O=C(O)CCC(=O)O.[Zn+2]. The molecule has 9 heteroatoms. The molecular weight excluding hydrogens is 674 g/mol. The van der Waals surface area contributed by atoms with Crippen molar-refractivity contribution in [3.8, 4) is 0 Å². The maximum atomic E-state index is 10.2. The first-order valence-electron chi connectivity index (χ1n) is 20.0. The van der Waals surface area contributed by atoms with Gasteiger partial charge in [-0.05, 0) is 25.7 Å². The van der Waals surface area contributed by atoms with Gasteiger partial charge in [0, 0.05) is 11.9 Å². The molecule has 0 saturated heterocycles. The van der Waals surface area contributed by atoms with E-state index in [1.165, 1.54) is 167 Å². The van der Waals surface area contributed by atoms with Crippen LogP contribution in [0, 0.1) is 0 Å². The van der Waals surface area contributed by atoms with Crippen LogP contribution in [0.25, 0.3) is 0 Å². The fraction of sp³-hybridized carbons (Fsp3) is 0.900. The zero-order valence-electron chi connectivity index (χ0n) is 32.1. The van der Waals surface area contributed by atoms with Crippen LogP contribution in [-0.2, 0) is 38.7 Å². The monoisotopic (exact) mass is 748 g/mol. The molecule has 0 atom stereocenters. The van der Waals surface area contributed by atoms with Gasteiger partial charge in [-0.25, -0.2) is 0 Å². The Morgan fingerprint density at radius 2 is 0.490 bits per heavy atom. The molecule has 0 aromatic carbocycles. The molecule has 8 nitrogen and oxygen atoms in total. The van der Waals surface area contributed by atoms with Crippen LogP contribution < -0.4 is 10.2 Å². The van der Waals surface area contributed by atoms with E-state index >= 15 is 0 Å². The van der Waals surface area contributed by atoms with Gasteiger partial charge in [0.05, 0.1) is 12.8 Å². The summed E-state index contributed by atoms with van der Waals surface area (Å²) in [5.74, 6) is -3.96. The van der Waals surface area contributed by atoms with Crippen LogP contribution in [-0.4, -0.2) is 34.1 Å². The molecule has 286 valence electrons. The minimum absolute atomic E-state index is 0. The van der Waals surface area contributed by atoms with Crippen LogP contribution in [0.1, 0.15) is 232 Å². The molecule has 0 aromatic rings. The minimum Gasteiger partial charge on any atom is -0.550 e. The van der Waals surface area contributed by atoms with Crippen LogP contribution in [0.15, 0.2) is 0 Å². The molecule has 0 heterocycles. The second-order valence-electron chi connectivity index (χ2n) is 13.4. The van der Waals surface area contributed by atoms with Crippen molar-refractivity contribution < 1.29 is 59.1 Å². The van der Waals surface area contributed by atoms with E-state index in [4.69, 9.17) is 10.2 Å². The molecule has 0 fully saturated rings. The topological polar surface area (TPSA) is 155 Å². The largest absolute Gasteiger partial charge is 2.00 e. The Labute approximate surface area is 314 Å². The van der Waals surface area contributed by atoms with Crippen LogP contribution in [0.3, 0.4) is 0 Å². The Kier molecular flexibility index (Phi) is 53.9. The third kappa shape index (κ3) is 65.5. The van der Waals surface area contributed by atoms with Crippen molar-refractivity contribution in [2.75, 3.05) is 0 Å². The standard InChI is InChI=1S/2C18H36O2.C4H6O4.Zn/c2*1-2-3-4-5-6-7-8-9-10-11-12-13-14-15-16-17-18(19)20;5-3(6)1-2-4(7)8;/h2*2-17H2,1H3,(H,19,20);1-2H2,(H,5,6)(H,7,8);/q;;;+2/p-2. The number of unbranched alkanes of at least 4 members (excludes halogenated alkanes) is 28. The van der Waals surface area contributed by atoms with Crippen molar-refractivity contribution in [1.82, 2.24) is 0 Å². The summed E-state index contributed by atoms with van der Waals surface area (Å²) < 4.78 is 0. The van der Waals surface area contributed by atoms with E-state index < -0.39 is 23.9 Å². The van der Waals surface area contributed by atoms with Crippen LogP contribution in [0.4, 0.5) is 0 Å². The van der Waals surface area contributed by atoms with Crippen molar-refractivity contribution in [3.05, 3.63) is 0 Å². The summed E-state index contributed by atoms with van der Waals surface area (Å²) >= 11 is 0. The average molecular weight is 750 g/mol. The average Bonchev–Trinajstić information content (AvgIpc) is 3.04. The Morgan fingerprint density at radius 1 is 0.327 bits per heavy atom. The summed E-state index contributed by atoms with van der Waals surface area (Å²) in [6.45, 7) is 4.53. The Balaban J connectivity index is -0.000000333. The van der Waals surface area contributed by atoms with Crippen LogP contribution in [0.5, 0.6) is 0 Å². The van der Waals surface area contributed by atoms with Crippen molar-refractivity contribution >= 4 is 23.9 Å². The predicted octanol–water partition coefficient (Wildman–Crippen LogP) is 9.93. The molecule has 0 aliphatic heterocycles. The number of hydrogen-bond acceptors (Lipinski definition) is 6. The summed E-state index contributed by atoms with van der Waals surface area (Å²) in [4.78, 5) is 39.7. The van der Waals surface area contributed by atoms with Gasteiger partial charge in [-0.15, -0.1) is 0 Å². The molecule has 0 radical (unpaired) electrons. The van der Waals surface area contributed by atoms with E-state index in [-0.39, 0.29) is 45.2 Å². The molecule has 0 aromatic heterocycles. The Bertz CT molecular complexity index is 644. The van der Waals surface area contributed by atoms with E-state index in [0.717, 1.165) is 25.7 Å². The van der Waals surface area contributed by atoms with Crippen molar-refractivity contribution in [2.45, 2.75) is 232 Å². The maximum Gasteiger partial charge on any atom is 2.00 e. The molecule has 49 heavy (non-hydrogen) atoms. The van der Waals surface area contributed by atoms with Gasteiger partial charge in [0.25, 0.3) is 0 Å². The van der Waals surface area contributed by atoms with E-state index in [2.05, 4.69) is 13.8 Å². The third-order valence-electron chi connectivity index (χ3n) is 8.52. The van der Waals surface area contributed by atoms with E-state index in [1.54, 1.807) is 0 Å². The number of carboxylic acid groups (broad SMARTS) is 4. The molecule has 0 aliphatic rings. The van der Waals surface area contributed by atoms with Gasteiger partial charge in [-0.1, -0.05) is 194 Å². The smallest absolute Gasteiger partial charge is 0.550 e. The van der Waals surface area contributed by atoms with Gasteiger partial charge in [0.2, 0.25) is 0 Å². The van der Waals surface area contributed by atoms with E-state index in [9.17, 15) is 29.4 Å². The van der Waals surface area contributed by atoms with E-state index in [1.807, 2.05) is 0 Å². The first kappa shape index (κ1) is 54.3. The Morgan fingerprint density at radius 3 is 0.633 bits per heavy atom. The number of rotatable bonds is 35. The quantitative estimate of drug-likeness (QED) is 0.0479. The van der Waals surface area contributed by atoms with Gasteiger partial charge in [0.15, 0.2) is 0 Å². The third-order valence-corrected chi connectivity index (χ3v) is 8.52.